The number of rotatable bonds is 10. The Bertz CT molecular complexity index is 1070. The number of amides is 3. The zero-order valence-electron chi connectivity index (χ0n) is 22.7. The van der Waals surface area contributed by atoms with Crippen molar-refractivity contribution in [1.29, 1.82) is 0 Å². The number of nitrogens with zero attached hydrogens (tertiary/aromatic N) is 1. The summed E-state index contributed by atoms with van der Waals surface area (Å²) in [6, 6.07) is 4.35. The molecule has 1 aromatic rings. The van der Waals surface area contributed by atoms with Gasteiger partial charge in [0.2, 0.25) is 5.91 Å². The van der Waals surface area contributed by atoms with Crippen molar-refractivity contribution in [3.8, 4) is 5.75 Å². The molecule has 3 fully saturated rings. The number of anilines is 1. The van der Waals surface area contributed by atoms with E-state index in [-0.39, 0.29) is 42.7 Å². The fourth-order valence-electron chi connectivity index (χ4n) is 5.66. The number of hydrogen-bond acceptors (Lipinski definition) is 10. The average molecular weight is 562 g/mol. The Balaban J connectivity index is 1.20. The summed E-state index contributed by atoms with van der Waals surface area (Å²) in [5, 5.41) is 21.6. The molecule has 4 heterocycles. The topological polar surface area (TPSA) is 160 Å². The first-order valence-electron chi connectivity index (χ1n) is 14.1. The number of alkyl carbamates (subject to hydrolysis) is 1. The molecule has 13 nitrogen and oxygen atoms in total. The van der Waals surface area contributed by atoms with Gasteiger partial charge in [0.25, 0.3) is 5.91 Å². The SMILES string of the molecule is CC[C@H](NC(=O)OC1CCO[C@H]2OCCC12)[C@H](O)CN(CC1CCC(=O)N1)NC(=O)c1ccc2c(c1)NCCO2. The first-order chi connectivity index (χ1) is 19.4. The molecule has 6 atom stereocenters. The molecule has 3 saturated heterocycles. The van der Waals surface area contributed by atoms with Crippen LogP contribution in [0.1, 0.15) is 49.4 Å². The van der Waals surface area contributed by atoms with Crippen LogP contribution in [0, 0.1) is 5.92 Å². The van der Waals surface area contributed by atoms with Gasteiger partial charge in [0.15, 0.2) is 6.29 Å². The van der Waals surface area contributed by atoms with Gasteiger partial charge in [-0.2, -0.15) is 0 Å². The van der Waals surface area contributed by atoms with E-state index in [1.54, 1.807) is 23.2 Å². The predicted molar refractivity (Wildman–Crippen MR) is 143 cm³/mol. The average Bonchev–Trinajstić information content (AvgIpc) is 3.60. The number of hydrogen-bond donors (Lipinski definition) is 5. The van der Waals surface area contributed by atoms with Crippen molar-refractivity contribution < 1.29 is 38.4 Å². The minimum atomic E-state index is -1.02. The summed E-state index contributed by atoms with van der Waals surface area (Å²) in [4.78, 5) is 37.8. The molecular formula is C27H39N5O8. The molecule has 4 aliphatic rings. The molecule has 0 aromatic heterocycles. The molecule has 5 rings (SSSR count). The highest BCUT2D eigenvalue weighted by Crippen LogP contribution is 2.32. The van der Waals surface area contributed by atoms with E-state index in [0.29, 0.717) is 69.9 Å². The number of fused-ring (bicyclic) bond motifs is 2. The summed E-state index contributed by atoms with van der Waals surface area (Å²) < 4.78 is 22.5. The second-order valence-electron chi connectivity index (χ2n) is 10.7. The van der Waals surface area contributed by atoms with Crippen molar-refractivity contribution >= 4 is 23.6 Å². The van der Waals surface area contributed by atoms with Gasteiger partial charge in [0.1, 0.15) is 18.5 Å². The maximum atomic E-state index is 13.2. The Kier molecular flexibility index (Phi) is 9.25. The molecule has 220 valence electrons. The van der Waals surface area contributed by atoms with Gasteiger partial charge in [-0.25, -0.2) is 9.80 Å². The van der Waals surface area contributed by atoms with Gasteiger partial charge in [-0.15, -0.1) is 0 Å². The lowest BCUT2D eigenvalue weighted by molar-refractivity contribution is -0.179. The van der Waals surface area contributed by atoms with Gasteiger partial charge in [0, 0.05) is 50.0 Å². The Morgan fingerprint density at radius 3 is 2.80 bits per heavy atom. The van der Waals surface area contributed by atoms with E-state index >= 15 is 0 Å². The predicted octanol–water partition coefficient (Wildman–Crippen LogP) is 0.734. The van der Waals surface area contributed by atoms with Crippen molar-refractivity contribution in [2.45, 2.75) is 69.6 Å². The Morgan fingerprint density at radius 1 is 1.20 bits per heavy atom. The molecule has 0 spiro atoms. The van der Waals surface area contributed by atoms with Gasteiger partial charge in [-0.1, -0.05) is 6.92 Å². The van der Waals surface area contributed by atoms with Crippen molar-refractivity contribution in [2.24, 2.45) is 5.92 Å². The third-order valence-electron chi connectivity index (χ3n) is 7.82. The van der Waals surface area contributed by atoms with Gasteiger partial charge in [0.05, 0.1) is 31.0 Å². The van der Waals surface area contributed by atoms with Crippen molar-refractivity contribution in [2.75, 3.05) is 44.8 Å². The van der Waals surface area contributed by atoms with Gasteiger partial charge in [-0.3, -0.25) is 15.0 Å². The maximum Gasteiger partial charge on any atom is 0.407 e. The van der Waals surface area contributed by atoms with Crippen LogP contribution in [0.3, 0.4) is 0 Å². The van der Waals surface area contributed by atoms with Crippen LogP contribution in [0.15, 0.2) is 18.2 Å². The molecule has 4 aliphatic heterocycles. The first-order valence-corrected chi connectivity index (χ1v) is 14.1. The number of hydrazine groups is 1. The molecule has 0 bridgehead atoms. The van der Waals surface area contributed by atoms with E-state index in [9.17, 15) is 19.5 Å². The normalized spacial score (nSPS) is 26.9. The molecule has 3 unspecified atom stereocenters. The lowest BCUT2D eigenvalue weighted by atomic mass is 9.96. The fraction of sp³-hybridized carbons (Fsp3) is 0.667. The van der Waals surface area contributed by atoms with Crippen LogP contribution < -0.4 is 26.1 Å². The maximum absolute atomic E-state index is 13.2. The summed E-state index contributed by atoms with van der Waals surface area (Å²) in [7, 11) is 0. The van der Waals surface area contributed by atoms with E-state index < -0.39 is 18.2 Å². The van der Waals surface area contributed by atoms with Gasteiger partial charge >= 0.3 is 6.09 Å². The minimum Gasteiger partial charge on any atom is -0.490 e. The number of carbonyl (C=O) groups is 3. The third kappa shape index (κ3) is 6.95. The number of aliphatic hydroxyl groups excluding tert-OH is 1. The smallest absolute Gasteiger partial charge is 0.407 e. The number of ether oxygens (including phenoxy) is 4. The molecule has 0 radical (unpaired) electrons. The zero-order chi connectivity index (χ0) is 28.1. The molecule has 1 aromatic carbocycles. The summed E-state index contributed by atoms with van der Waals surface area (Å²) in [6.07, 6.45) is 0.556. The third-order valence-corrected chi connectivity index (χ3v) is 7.82. The lowest BCUT2D eigenvalue weighted by Crippen LogP contribution is -2.55. The Morgan fingerprint density at radius 2 is 2.02 bits per heavy atom. The Hall–Kier alpha value is -3.13. The second-order valence-corrected chi connectivity index (χ2v) is 10.7. The number of nitrogens with one attached hydrogen (secondary N) is 4. The summed E-state index contributed by atoms with van der Waals surface area (Å²) >= 11 is 0. The van der Waals surface area contributed by atoms with E-state index in [1.165, 1.54) is 0 Å². The summed E-state index contributed by atoms with van der Waals surface area (Å²) in [5.41, 5.74) is 4.04. The summed E-state index contributed by atoms with van der Waals surface area (Å²) in [5.74, 6) is 0.280. The van der Waals surface area contributed by atoms with Crippen molar-refractivity contribution in [3.05, 3.63) is 23.8 Å². The van der Waals surface area contributed by atoms with E-state index in [2.05, 4.69) is 21.4 Å². The number of benzene rings is 1. The van der Waals surface area contributed by atoms with Crippen LogP contribution in [-0.2, 0) is 19.0 Å². The van der Waals surface area contributed by atoms with Crippen molar-refractivity contribution in [1.82, 2.24) is 21.1 Å². The highest BCUT2D eigenvalue weighted by Gasteiger charge is 2.41. The highest BCUT2D eigenvalue weighted by atomic mass is 16.7. The summed E-state index contributed by atoms with van der Waals surface area (Å²) in [6.45, 7) is 4.42. The lowest BCUT2D eigenvalue weighted by Gasteiger charge is -2.33. The minimum absolute atomic E-state index is 0.00202. The Labute approximate surface area is 233 Å². The van der Waals surface area contributed by atoms with Crippen LogP contribution in [0.4, 0.5) is 10.5 Å². The van der Waals surface area contributed by atoms with E-state index in [4.69, 9.17) is 18.9 Å². The molecule has 13 heteroatoms. The van der Waals surface area contributed by atoms with Crippen LogP contribution >= 0.6 is 0 Å². The second kappa shape index (κ2) is 13.0. The standard InChI is InChI=1S/C27H39N5O8/c1-2-19(30-27(36)40-22-8-11-39-26-18(22)7-10-38-26)21(33)15-32(14-17-4-6-24(34)29-17)31-25(35)16-3-5-23-20(13-16)28-9-12-37-23/h3,5,13,17-19,21-22,26,28,33H,2,4,6-12,14-15H2,1H3,(H,29,34)(H,30,36)(H,31,35)/t17?,18?,19-,21+,22?,26+/m0/s1. The van der Waals surface area contributed by atoms with Crippen LogP contribution in [-0.4, -0.2) is 98.1 Å². The van der Waals surface area contributed by atoms with E-state index in [0.717, 1.165) is 12.1 Å². The molecular weight excluding hydrogens is 522 g/mol. The molecule has 40 heavy (non-hydrogen) atoms. The molecule has 0 saturated carbocycles. The zero-order valence-corrected chi connectivity index (χ0v) is 22.7. The molecule has 5 N–H and O–H groups in total. The van der Waals surface area contributed by atoms with Crippen molar-refractivity contribution in [3.63, 3.8) is 0 Å². The highest BCUT2D eigenvalue weighted by molar-refractivity contribution is 5.95. The molecule has 3 amide bonds. The number of aliphatic hydroxyl groups is 1. The quantitative estimate of drug-likeness (QED) is 0.258. The largest absolute Gasteiger partial charge is 0.490 e. The monoisotopic (exact) mass is 561 g/mol. The first kappa shape index (κ1) is 28.4. The van der Waals surface area contributed by atoms with Gasteiger partial charge < -0.3 is 40.0 Å². The van der Waals surface area contributed by atoms with Gasteiger partial charge in [-0.05, 0) is 37.5 Å². The van der Waals surface area contributed by atoms with E-state index in [1.807, 2.05) is 6.92 Å². The van der Waals surface area contributed by atoms with Crippen LogP contribution in [0.2, 0.25) is 0 Å². The fourth-order valence-corrected chi connectivity index (χ4v) is 5.66. The van der Waals surface area contributed by atoms with Crippen LogP contribution in [0.5, 0.6) is 5.75 Å². The molecule has 0 aliphatic carbocycles. The number of carbonyl (C=O) groups excluding carboxylic acids is 3. The van der Waals surface area contributed by atoms with Crippen LogP contribution in [0.25, 0.3) is 0 Å².